The zero-order valence-corrected chi connectivity index (χ0v) is 15.5. The molecule has 0 aliphatic rings. The smallest absolute Gasteiger partial charge is 0.251 e. The Balaban J connectivity index is 1.63. The van der Waals surface area contributed by atoms with Crippen LogP contribution >= 0.6 is 11.3 Å². The largest absolute Gasteiger partial charge is 0.398 e. The Morgan fingerprint density at radius 1 is 1.15 bits per heavy atom. The number of hydrogen-bond acceptors (Lipinski definition) is 6. The third-order valence-corrected chi connectivity index (χ3v) is 5.09. The molecule has 6 nitrogen and oxygen atoms in total. The summed E-state index contributed by atoms with van der Waals surface area (Å²) in [6.07, 6.45) is 3.43. The van der Waals surface area contributed by atoms with Gasteiger partial charge in [0.15, 0.2) is 0 Å². The molecule has 3 N–H and O–H groups in total. The Kier molecular flexibility index (Phi) is 4.52. The van der Waals surface area contributed by atoms with E-state index >= 15 is 0 Å². The van der Waals surface area contributed by atoms with E-state index in [-0.39, 0.29) is 5.91 Å². The van der Waals surface area contributed by atoms with Crippen LogP contribution in [0.4, 0.5) is 5.69 Å². The SMILES string of the molecule is Cc1nnc(CNC(=O)c2ccc3c(-c4cnccc4N)cccc3c2)s1. The number of nitrogens with one attached hydrogen (secondary N) is 1. The van der Waals surface area contributed by atoms with Gasteiger partial charge in [0.25, 0.3) is 5.91 Å². The quantitative estimate of drug-likeness (QED) is 0.569. The van der Waals surface area contributed by atoms with Crippen molar-refractivity contribution in [2.45, 2.75) is 13.5 Å². The van der Waals surface area contributed by atoms with Gasteiger partial charge >= 0.3 is 0 Å². The normalized spacial score (nSPS) is 10.9. The first kappa shape index (κ1) is 17.1. The van der Waals surface area contributed by atoms with E-state index in [2.05, 4.69) is 20.5 Å². The van der Waals surface area contributed by atoms with Crippen molar-refractivity contribution < 1.29 is 4.79 Å². The van der Waals surface area contributed by atoms with E-state index in [0.29, 0.717) is 17.8 Å². The van der Waals surface area contributed by atoms with Crippen LogP contribution in [0.1, 0.15) is 20.4 Å². The summed E-state index contributed by atoms with van der Waals surface area (Å²) >= 11 is 1.47. The molecular formula is C20H17N5OS. The molecule has 0 atom stereocenters. The Hall–Kier alpha value is -3.32. The number of carbonyl (C=O) groups excluding carboxylic acids is 1. The van der Waals surface area contributed by atoms with E-state index in [1.165, 1.54) is 11.3 Å². The molecule has 0 spiro atoms. The molecule has 0 unspecified atom stereocenters. The number of fused-ring (bicyclic) bond motifs is 1. The fraction of sp³-hybridized carbons (Fsp3) is 0.100. The first-order valence-corrected chi connectivity index (χ1v) is 9.23. The van der Waals surface area contributed by atoms with Gasteiger partial charge in [0.05, 0.1) is 6.54 Å². The monoisotopic (exact) mass is 375 g/mol. The molecule has 0 radical (unpaired) electrons. The summed E-state index contributed by atoms with van der Waals surface area (Å²) in [7, 11) is 0. The number of nitrogen functional groups attached to an aromatic ring is 1. The molecule has 0 fully saturated rings. The minimum Gasteiger partial charge on any atom is -0.398 e. The summed E-state index contributed by atoms with van der Waals surface area (Å²) in [5, 5.41) is 14.5. The third kappa shape index (κ3) is 3.50. The summed E-state index contributed by atoms with van der Waals surface area (Å²) in [6.45, 7) is 2.26. The van der Waals surface area contributed by atoms with Gasteiger partial charge in [0.1, 0.15) is 10.0 Å². The number of amides is 1. The van der Waals surface area contributed by atoms with E-state index in [9.17, 15) is 4.79 Å². The van der Waals surface area contributed by atoms with Gasteiger partial charge in [0.2, 0.25) is 0 Å². The van der Waals surface area contributed by atoms with Gasteiger partial charge < -0.3 is 11.1 Å². The lowest BCUT2D eigenvalue weighted by Gasteiger charge is -2.10. The van der Waals surface area contributed by atoms with E-state index in [1.807, 2.05) is 43.3 Å². The highest BCUT2D eigenvalue weighted by atomic mass is 32.1. The van der Waals surface area contributed by atoms with Crippen LogP contribution in [0, 0.1) is 6.92 Å². The molecule has 2 aromatic heterocycles. The van der Waals surface area contributed by atoms with Crippen LogP contribution in [-0.2, 0) is 6.54 Å². The summed E-state index contributed by atoms with van der Waals surface area (Å²) in [5.74, 6) is -0.143. The molecule has 4 aromatic rings. The lowest BCUT2D eigenvalue weighted by Crippen LogP contribution is -2.22. The Bertz CT molecular complexity index is 1140. The highest BCUT2D eigenvalue weighted by Gasteiger charge is 2.11. The minimum atomic E-state index is -0.143. The first-order valence-electron chi connectivity index (χ1n) is 8.41. The van der Waals surface area contributed by atoms with E-state index < -0.39 is 0 Å². The fourth-order valence-electron chi connectivity index (χ4n) is 2.96. The number of benzene rings is 2. The third-order valence-electron chi connectivity index (χ3n) is 4.26. The van der Waals surface area contributed by atoms with Crippen LogP contribution in [0.2, 0.25) is 0 Å². The molecule has 0 aliphatic carbocycles. The van der Waals surface area contributed by atoms with E-state index in [0.717, 1.165) is 31.9 Å². The number of anilines is 1. The minimum absolute atomic E-state index is 0.143. The van der Waals surface area contributed by atoms with Crippen LogP contribution in [0.3, 0.4) is 0 Å². The number of aryl methyl sites for hydroxylation is 1. The van der Waals surface area contributed by atoms with Crippen LogP contribution in [0.5, 0.6) is 0 Å². The molecule has 134 valence electrons. The van der Waals surface area contributed by atoms with Crippen molar-refractivity contribution >= 4 is 33.7 Å². The second kappa shape index (κ2) is 7.13. The van der Waals surface area contributed by atoms with Crippen LogP contribution in [-0.4, -0.2) is 21.1 Å². The molecule has 4 rings (SSSR count). The summed E-state index contributed by atoms with van der Waals surface area (Å²) in [4.78, 5) is 16.7. The Morgan fingerprint density at radius 3 is 2.81 bits per heavy atom. The Labute approximate surface area is 160 Å². The van der Waals surface area contributed by atoms with Crippen molar-refractivity contribution in [3.63, 3.8) is 0 Å². The van der Waals surface area contributed by atoms with Crippen LogP contribution in [0.15, 0.2) is 54.9 Å². The van der Waals surface area contributed by atoms with Gasteiger partial charge in [-0.3, -0.25) is 9.78 Å². The lowest BCUT2D eigenvalue weighted by molar-refractivity contribution is 0.0951. The standard InChI is InChI=1S/C20H17N5OS/c1-12-24-25-19(27-12)11-23-20(26)14-5-6-15-13(9-14)3-2-4-16(15)17-10-22-8-7-18(17)21/h2-10H,11H2,1H3,(H2,21,22)(H,23,26). The molecule has 0 aliphatic heterocycles. The second-order valence-electron chi connectivity index (χ2n) is 6.10. The number of nitrogens with zero attached hydrogens (tertiary/aromatic N) is 3. The summed E-state index contributed by atoms with van der Waals surface area (Å²) in [6, 6.07) is 13.4. The van der Waals surface area contributed by atoms with Gasteiger partial charge in [-0.05, 0) is 41.5 Å². The predicted octanol–water partition coefficient (Wildman–Crippen LogP) is 3.57. The predicted molar refractivity (Wildman–Crippen MR) is 107 cm³/mol. The lowest BCUT2D eigenvalue weighted by atomic mass is 9.97. The fourth-order valence-corrected chi connectivity index (χ4v) is 3.61. The van der Waals surface area contributed by atoms with Gasteiger partial charge in [-0.25, -0.2) is 0 Å². The molecule has 2 aromatic carbocycles. The number of hydrogen-bond donors (Lipinski definition) is 2. The molecule has 1 amide bonds. The summed E-state index contributed by atoms with van der Waals surface area (Å²) < 4.78 is 0. The van der Waals surface area contributed by atoms with Crippen molar-refractivity contribution in [1.29, 1.82) is 0 Å². The van der Waals surface area contributed by atoms with Gasteiger partial charge in [-0.15, -0.1) is 10.2 Å². The average Bonchev–Trinajstić information content (AvgIpc) is 3.11. The zero-order chi connectivity index (χ0) is 18.8. The molecule has 0 saturated heterocycles. The number of pyridine rings is 1. The summed E-state index contributed by atoms with van der Waals surface area (Å²) in [5.41, 5.74) is 9.25. The maximum Gasteiger partial charge on any atom is 0.251 e. The maximum atomic E-state index is 12.5. The van der Waals surface area contributed by atoms with E-state index in [1.54, 1.807) is 18.5 Å². The molecule has 7 heteroatoms. The van der Waals surface area contributed by atoms with Gasteiger partial charge in [0, 0.05) is 29.2 Å². The number of nitrogens with two attached hydrogens (primary N) is 1. The molecule has 0 bridgehead atoms. The molecule has 27 heavy (non-hydrogen) atoms. The number of aromatic nitrogens is 3. The highest BCUT2D eigenvalue weighted by molar-refractivity contribution is 7.11. The topological polar surface area (TPSA) is 93.8 Å². The van der Waals surface area contributed by atoms with Gasteiger partial charge in [-0.2, -0.15) is 0 Å². The second-order valence-corrected chi connectivity index (χ2v) is 7.37. The van der Waals surface area contributed by atoms with Crippen molar-refractivity contribution in [3.05, 3.63) is 70.4 Å². The average molecular weight is 375 g/mol. The number of rotatable bonds is 4. The molecule has 0 saturated carbocycles. The van der Waals surface area contributed by atoms with Crippen LogP contribution in [0.25, 0.3) is 21.9 Å². The van der Waals surface area contributed by atoms with Gasteiger partial charge in [-0.1, -0.05) is 35.6 Å². The van der Waals surface area contributed by atoms with Crippen molar-refractivity contribution in [2.24, 2.45) is 0 Å². The Morgan fingerprint density at radius 2 is 2.04 bits per heavy atom. The number of carbonyl (C=O) groups is 1. The van der Waals surface area contributed by atoms with Crippen molar-refractivity contribution in [1.82, 2.24) is 20.5 Å². The highest BCUT2D eigenvalue weighted by Crippen LogP contribution is 2.32. The van der Waals surface area contributed by atoms with Crippen LogP contribution < -0.4 is 11.1 Å². The molecular weight excluding hydrogens is 358 g/mol. The van der Waals surface area contributed by atoms with Crippen molar-refractivity contribution in [3.8, 4) is 11.1 Å². The molecule has 2 heterocycles. The van der Waals surface area contributed by atoms with E-state index in [4.69, 9.17) is 5.73 Å². The first-order chi connectivity index (χ1) is 13.1. The van der Waals surface area contributed by atoms with Crippen molar-refractivity contribution in [2.75, 3.05) is 5.73 Å². The zero-order valence-electron chi connectivity index (χ0n) is 14.6. The maximum absolute atomic E-state index is 12.5.